The second-order valence-electron chi connectivity index (χ2n) is 11.8. The molecule has 0 aliphatic rings. The van der Waals surface area contributed by atoms with E-state index in [1.165, 1.54) is 57.8 Å². The van der Waals surface area contributed by atoms with Gasteiger partial charge in [-0.25, -0.2) is 0 Å². The Bertz CT molecular complexity index is 752. The molecule has 0 N–H and O–H groups in total. The summed E-state index contributed by atoms with van der Waals surface area (Å²) in [5.41, 5.74) is 0. The normalized spacial score (nSPS) is 12.7. The molecule has 0 aromatic carbocycles. The first kappa shape index (κ1) is 41.9. The molecule has 0 rings (SSSR count). The van der Waals surface area contributed by atoms with Crippen LogP contribution in [0.2, 0.25) is 0 Å². The predicted molar refractivity (Wildman–Crippen MR) is 187 cm³/mol. The summed E-state index contributed by atoms with van der Waals surface area (Å²) in [7, 11) is 0. The van der Waals surface area contributed by atoms with Crippen molar-refractivity contribution >= 4 is 11.9 Å². The SMILES string of the molecule is CC/C=C\C/C=C\C/C=C\C/C=C\CCCOCC(COC(=O)CCCCCCCCC)OC(=O)CCCCCCCCC. The van der Waals surface area contributed by atoms with Gasteiger partial charge >= 0.3 is 11.9 Å². The zero-order chi connectivity index (χ0) is 32.2. The Hall–Kier alpha value is -2.14. The van der Waals surface area contributed by atoms with E-state index in [1.54, 1.807) is 0 Å². The first-order chi connectivity index (χ1) is 21.6. The van der Waals surface area contributed by atoms with Crippen molar-refractivity contribution in [3.8, 4) is 0 Å². The van der Waals surface area contributed by atoms with Crippen molar-refractivity contribution in [3.63, 3.8) is 0 Å². The van der Waals surface area contributed by atoms with Crippen molar-refractivity contribution in [2.75, 3.05) is 19.8 Å². The third kappa shape index (κ3) is 32.8. The molecule has 0 aliphatic heterocycles. The highest BCUT2D eigenvalue weighted by Crippen LogP contribution is 2.11. The smallest absolute Gasteiger partial charge is 0.306 e. The van der Waals surface area contributed by atoms with Crippen LogP contribution in [0, 0.1) is 0 Å². The number of carbonyl (C=O) groups excluding carboxylic acids is 2. The maximum absolute atomic E-state index is 12.5. The van der Waals surface area contributed by atoms with Crippen molar-refractivity contribution in [2.24, 2.45) is 0 Å². The van der Waals surface area contributed by atoms with Gasteiger partial charge in [0.15, 0.2) is 6.10 Å². The van der Waals surface area contributed by atoms with Crippen LogP contribution in [0.25, 0.3) is 0 Å². The van der Waals surface area contributed by atoms with Crippen molar-refractivity contribution in [1.29, 1.82) is 0 Å². The molecule has 0 aromatic heterocycles. The molecule has 0 radical (unpaired) electrons. The van der Waals surface area contributed by atoms with E-state index >= 15 is 0 Å². The van der Waals surface area contributed by atoms with Gasteiger partial charge in [-0.2, -0.15) is 0 Å². The minimum Gasteiger partial charge on any atom is -0.462 e. The summed E-state index contributed by atoms with van der Waals surface area (Å²) in [4.78, 5) is 24.8. The number of carbonyl (C=O) groups is 2. The van der Waals surface area contributed by atoms with Crippen LogP contribution in [0.5, 0.6) is 0 Å². The van der Waals surface area contributed by atoms with Crippen LogP contribution in [0.1, 0.15) is 162 Å². The molecule has 5 nitrogen and oxygen atoms in total. The summed E-state index contributed by atoms with van der Waals surface area (Å²) in [5.74, 6) is -0.443. The predicted octanol–water partition coefficient (Wildman–Crippen LogP) is 11.3. The van der Waals surface area contributed by atoms with E-state index in [2.05, 4.69) is 69.4 Å². The Morgan fingerprint density at radius 3 is 1.55 bits per heavy atom. The van der Waals surface area contributed by atoms with Crippen LogP contribution in [-0.4, -0.2) is 37.9 Å². The zero-order valence-corrected chi connectivity index (χ0v) is 28.9. The second-order valence-corrected chi connectivity index (χ2v) is 11.8. The van der Waals surface area contributed by atoms with E-state index in [9.17, 15) is 9.59 Å². The highest BCUT2D eigenvalue weighted by Gasteiger charge is 2.17. The summed E-state index contributed by atoms with van der Waals surface area (Å²) in [6.45, 7) is 7.48. The van der Waals surface area contributed by atoms with Crippen LogP contribution in [-0.2, 0) is 23.8 Å². The Kier molecular flexibility index (Phi) is 33.6. The topological polar surface area (TPSA) is 61.8 Å². The van der Waals surface area contributed by atoms with Gasteiger partial charge < -0.3 is 14.2 Å². The van der Waals surface area contributed by atoms with E-state index < -0.39 is 6.10 Å². The number of esters is 2. The molecule has 0 fully saturated rings. The third-order valence-corrected chi connectivity index (χ3v) is 7.38. The van der Waals surface area contributed by atoms with Gasteiger partial charge in [0.25, 0.3) is 0 Å². The first-order valence-electron chi connectivity index (χ1n) is 18.2. The van der Waals surface area contributed by atoms with E-state index in [0.717, 1.165) is 70.6 Å². The van der Waals surface area contributed by atoms with Crippen molar-refractivity contribution in [1.82, 2.24) is 0 Å². The molecule has 0 saturated heterocycles. The summed E-state index contributed by atoms with van der Waals surface area (Å²) in [6.07, 6.45) is 39.9. The van der Waals surface area contributed by atoms with E-state index in [0.29, 0.717) is 19.4 Å². The molecule has 0 aliphatic carbocycles. The lowest BCUT2D eigenvalue weighted by molar-refractivity contribution is -0.163. The van der Waals surface area contributed by atoms with Gasteiger partial charge in [0.2, 0.25) is 0 Å². The Morgan fingerprint density at radius 2 is 1.00 bits per heavy atom. The van der Waals surface area contributed by atoms with Crippen LogP contribution in [0.4, 0.5) is 0 Å². The van der Waals surface area contributed by atoms with Crippen molar-refractivity contribution in [2.45, 2.75) is 168 Å². The first-order valence-corrected chi connectivity index (χ1v) is 18.2. The number of hydrogen-bond acceptors (Lipinski definition) is 5. The van der Waals surface area contributed by atoms with E-state index in [-0.39, 0.29) is 25.2 Å². The Morgan fingerprint density at radius 1 is 0.523 bits per heavy atom. The standard InChI is InChI=1S/C39H68O5/c1-4-7-10-13-16-17-18-19-20-21-22-25-28-31-34-42-35-37(44-39(41)33-30-27-24-15-12-9-6-3)36-43-38(40)32-29-26-23-14-11-8-5-2/h7,10,16-17,19-20,22,25,37H,4-6,8-9,11-15,18,21,23-24,26-36H2,1-3H3/b10-7-,17-16-,20-19-,25-22-. The van der Waals surface area contributed by atoms with Gasteiger partial charge in [0, 0.05) is 19.4 Å². The number of ether oxygens (including phenoxy) is 3. The quantitative estimate of drug-likeness (QED) is 0.0427. The fourth-order valence-corrected chi connectivity index (χ4v) is 4.69. The molecule has 0 heterocycles. The van der Waals surface area contributed by atoms with Gasteiger partial charge in [-0.15, -0.1) is 0 Å². The van der Waals surface area contributed by atoms with Crippen LogP contribution < -0.4 is 0 Å². The van der Waals surface area contributed by atoms with Gasteiger partial charge in [-0.1, -0.05) is 146 Å². The van der Waals surface area contributed by atoms with Gasteiger partial charge in [-0.05, 0) is 51.4 Å². The number of hydrogen-bond donors (Lipinski definition) is 0. The zero-order valence-electron chi connectivity index (χ0n) is 28.9. The van der Waals surface area contributed by atoms with E-state index in [4.69, 9.17) is 14.2 Å². The number of unbranched alkanes of at least 4 members (excludes halogenated alkanes) is 13. The van der Waals surface area contributed by atoms with Crippen molar-refractivity contribution < 1.29 is 23.8 Å². The molecule has 0 saturated carbocycles. The lowest BCUT2D eigenvalue weighted by Gasteiger charge is -2.18. The lowest BCUT2D eigenvalue weighted by Crippen LogP contribution is -2.30. The van der Waals surface area contributed by atoms with Crippen molar-refractivity contribution in [3.05, 3.63) is 48.6 Å². The largest absolute Gasteiger partial charge is 0.462 e. The minimum atomic E-state index is -0.553. The molecule has 0 aromatic rings. The molecule has 0 bridgehead atoms. The molecule has 0 amide bonds. The summed E-state index contributed by atoms with van der Waals surface area (Å²) >= 11 is 0. The maximum Gasteiger partial charge on any atom is 0.306 e. The van der Waals surface area contributed by atoms with Gasteiger partial charge in [0.05, 0.1) is 6.61 Å². The molecule has 1 atom stereocenters. The Balaban J connectivity index is 4.29. The lowest BCUT2D eigenvalue weighted by atomic mass is 10.1. The number of allylic oxidation sites excluding steroid dienone is 8. The fourth-order valence-electron chi connectivity index (χ4n) is 4.69. The van der Waals surface area contributed by atoms with E-state index in [1.807, 2.05) is 0 Å². The fraction of sp³-hybridized carbons (Fsp3) is 0.744. The molecule has 1 unspecified atom stereocenters. The van der Waals surface area contributed by atoms with Crippen LogP contribution in [0.3, 0.4) is 0 Å². The molecule has 5 heteroatoms. The molecule has 254 valence electrons. The molecular weight excluding hydrogens is 548 g/mol. The Labute approximate surface area is 272 Å². The van der Waals surface area contributed by atoms with Crippen LogP contribution in [0.15, 0.2) is 48.6 Å². The van der Waals surface area contributed by atoms with Gasteiger partial charge in [0.1, 0.15) is 6.61 Å². The summed E-state index contributed by atoms with van der Waals surface area (Å²) < 4.78 is 17.0. The van der Waals surface area contributed by atoms with Gasteiger partial charge in [-0.3, -0.25) is 9.59 Å². The monoisotopic (exact) mass is 617 g/mol. The maximum atomic E-state index is 12.5. The number of rotatable bonds is 32. The highest BCUT2D eigenvalue weighted by atomic mass is 16.6. The molecular formula is C39H68O5. The average Bonchev–Trinajstić information content (AvgIpc) is 3.02. The highest BCUT2D eigenvalue weighted by molar-refractivity contribution is 5.70. The summed E-state index contributed by atoms with van der Waals surface area (Å²) in [6, 6.07) is 0. The van der Waals surface area contributed by atoms with Crippen LogP contribution >= 0.6 is 0 Å². The minimum absolute atomic E-state index is 0.0644. The third-order valence-electron chi connectivity index (χ3n) is 7.38. The second kappa shape index (κ2) is 35.3. The molecule has 44 heavy (non-hydrogen) atoms. The molecule has 0 spiro atoms. The summed E-state index contributed by atoms with van der Waals surface area (Å²) in [5, 5.41) is 0. The average molecular weight is 617 g/mol.